The summed E-state index contributed by atoms with van der Waals surface area (Å²) in [7, 11) is 0. The molecule has 0 aliphatic carbocycles. The van der Waals surface area contributed by atoms with Gasteiger partial charge in [0.25, 0.3) is 0 Å². The van der Waals surface area contributed by atoms with E-state index in [2.05, 4.69) is 27.0 Å². The van der Waals surface area contributed by atoms with Crippen LogP contribution in [0.3, 0.4) is 0 Å². The molecule has 0 saturated carbocycles. The maximum Gasteiger partial charge on any atom is 0.135 e. The summed E-state index contributed by atoms with van der Waals surface area (Å²) >= 11 is 0. The van der Waals surface area contributed by atoms with Crippen LogP contribution < -0.4 is 0 Å². The molecule has 12 heteroatoms. The van der Waals surface area contributed by atoms with Gasteiger partial charge in [0.1, 0.15) is 42.1 Å². The molecule has 0 radical (unpaired) electrons. The van der Waals surface area contributed by atoms with E-state index in [1.165, 1.54) is 0 Å². The topological polar surface area (TPSA) is 170 Å². The van der Waals surface area contributed by atoms with Gasteiger partial charge in [-0.15, -0.1) is 0 Å². The van der Waals surface area contributed by atoms with Gasteiger partial charge >= 0.3 is 0 Å². The normalized spacial score (nSPS) is 48.4. The summed E-state index contributed by atoms with van der Waals surface area (Å²) < 4.78 is 38.4. The average molecular weight is 733 g/mol. The fourth-order valence-corrected chi connectivity index (χ4v) is 10.1. The van der Waals surface area contributed by atoms with Crippen molar-refractivity contribution in [2.24, 2.45) is 17.8 Å². The number of aliphatic hydroxyl groups is 4. The Morgan fingerprint density at radius 1 is 0.692 bits per heavy atom. The molecule has 7 fully saturated rings. The summed E-state index contributed by atoms with van der Waals surface area (Å²) in [5, 5.41) is 42.5. The minimum atomic E-state index is -1.08. The second kappa shape index (κ2) is 16.3. The number of aliphatic hydroxyl groups excluding tert-OH is 4. The first kappa shape index (κ1) is 38.7. The summed E-state index contributed by atoms with van der Waals surface area (Å²) in [6.07, 6.45) is -1.85. The maximum absolute atomic E-state index is 13.8. The lowest BCUT2D eigenvalue weighted by Gasteiger charge is -2.46. The Hall–Kier alpha value is -1.58. The monoisotopic (exact) mass is 732 g/mol. The highest BCUT2D eigenvalue weighted by molar-refractivity contribution is 5.79. The molecule has 4 unspecified atom stereocenters. The Balaban J connectivity index is 1.10. The summed E-state index contributed by atoms with van der Waals surface area (Å²) in [6.45, 7) is 12.6. The van der Waals surface area contributed by atoms with E-state index in [1.54, 1.807) is 0 Å². The van der Waals surface area contributed by atoms with Crippen molar-refractivity contribution in [2.45, 2.75) is 189 Å². The zero-order chi connectivity index (χ0) is 36.8. The standard InChI is InChI=1S/C40H60O12/c1-19-11-27-7-9-30-20(2)12-26(47-30)6-5-23(42)15-35-36(45)39-40(52-35)37(46)38-31(51-39)10-8-28(49-38)13-24(43)14-29-22(4)32(16-25(44)18-41)50-34(29)17-33(48-27)21(19)3/h19,22,25-41,44-46H,2-3,5-18H2,1,4H3/t19-,22-,25+,26+,27+,28-,29?,30?,31+,32?,33?,34+,35-,36+,37+,38+,39+,40+/m1/s1. The zero-order valence-corrected chi connectivity index (χ0v) is 30.8. The highest BCUT2D eigenvalue weighted by atomic mass is 16.6. The molecule has 7 aliphatic rings. The smallest absolute Gasteiger partial charge is 0.135 e. The molecular weight excluding hydrogens is 672 g/mol. The third kappa shape index (κ3) is 8.17. The number of hydrogen-bond donors (Lipinski definition) is 4. The van der Waals surface area contributed by atoms with E-state index in [1.807, 2.05) is 0 Å². The van der Waals surface area contributed by atoms with Crippen molar-refractivity contribution in [1.82, 2.24) is 0 Å². The van der Waals surface area contributed by atoms with Crippen molar-refractivity contribution in [3.05, 3.63) is 24.3 Å². The number of hydrogen-bond acceptors (Lipinski definition) is 12. The van der Waals surface area contributed by atoms with E-state index in [-0.39, 0.29) is 105 Å². The van der Waals surface area contributed by atoms with Gasteiger partial charge in [0.05, 0.1) is 67.6 Å². The van der Waals surface area contributed by atoms with Crippen molar-refractivity contribution >= 4 is 11.6 Å². The average Bonchev–Trinajstić information content (AvgIpc) is 3.73. The quantitative estimate of drug-likeness (QED) is 0.314. The minimum absolute atomic E-state index is 0.00785. The highest BCUT2D eigenvalue weighted by Crippen LogP contribution is 2.44. The third-order valence-electron chi connectivity index (χ3n) is 13.3. The fourth-order valence-electron chi connectivity index (χ4n) is 10.1. The Labute approximate surface area is 307 Å². The number of rotatable bonds is 3. The molecule has 52 heavy (non-hydrogen) atoms. The van der Waals surface area contributed by atoms with Crippen LogP contribution in [0.5, 0.6) is 0 Å². The van der Waals surface area contributed by atoms with Crippen molar-refractivity contribution in [3.63, 3.8) is 0 Å². The lowest BCUT2D eigenvalue weighted by Crippen LogP contribution is -2.61. The molecule has 8 bridgehead atoms. The number of fused-ring (bicyclic) bond motifs is 7. The Morgan fingerprint density at radius 3 is 2.19 bits per heavy atom. The van der Waals surface area contributed by atoms with Crippen LogP contribution in [0, 0.1) is 17.8 Å². The van der Waals surface area contributed by atoms with Crippen LogP contribution in [0.15, 0.2) is 24.3 Å². The first-order chi connectivity index (χ1) is 24.9. The van der Waals surface area contributed by atoms with Crippen LogP contribution in [-0.2, 0) is 38.0 Å². The number of Topliss-reactive ketones (excluding diaryl/α,β-unsaturated/α-hetero) is 2. The molecule has 7 saturated heterocycles. The van der Waals surface area contributed by atoms with Crippen LogP contribution in [-0.4, -0.2) is 130 Å². The van der Waals surface area contributed by atoms with Crippen LogP contribution in [0.1, 0.15) is 97.3 Å². The summed E-state index contributed by atoms with van der Waals surface area (Å²) in [6, 6.07) is 0. The van der Waals surface area contributed by atoms with Crippen LogP contribution in [0.4, 0.5) is 0 Å². The lowest BCUT2D eigenvalue weighted by molar-refractivity contribution is -0.259. The molecule has 292 valence electrons. The number of carbonyl (C=O) groups excluding carboxylic acids is 2. The van der Waals surface area contributed by atoms with E-state index < -0.39 is 54.9 Å². The first-order valence-electron chi connectivity index (χ1n) is 19.9. The van der Waals surface area contributed by atoms with E-state index in [0.29, 0.717) is 32.1 Å². The first-order valence-corrected chi connectivity index (χ1v) is 19.9. The van der Waals surface area contributed by atoms with Gasteiger partial charge in [-0.25, -0.2) is 0 Å². The van der Waals surface area contributed by atoms with Gasteiger partial charge in [-0.05, 0) is 73.8 Å². The highest BCUT2D eigenvalue weighted by Gasteiger charge is 2.57. The molecule has 7 heterocycles. The van der Waals surface area contributed by atoms with Gasteiger partial charge in [-0.2, -0.15) is 0 Å². The van der Waals surface area contributed by atoms with Gasteiger partial charge in [0, 0.05) is 38.5 Å². The predicted molar refractivity (Wildman–Crippen MR) is 187 cm³/mol. The van der Waals surface area contributed by atoms with Crippen molar-refractivity contribution in [1.29, 1.82) is 0 Å². The number of carbonyl (C=O) groups is 2. The molecule has 0 aromatic rings. The minimum Gasteiger partial charge on any atom is -0.394 e. The van der Waals surface area contributed by atoms with Gasteiger partial charge in [0.15, 0.2) is 0 Å². The molecule has 0 aromatic heterocycles. The van der Waals surface area contributed by atoms with Gasteiger partial charge in [0.2, 0.25) is 0 Å². The van der Waals surface area contributed by atoms with Crippen LogP contribution in [0.2, 0.25) is 0 Å². The van der Waals surface area contributed by atoms with E-state index in [0.717, 1.165) is 30.4 Å². The Kier molecular flexibility index (Phi) is 12.1. The summed E-state index contributed by atoms with van der Waals surface area (Å²) in [4.78, 5) is 26.9. The van der Waals surface area contributed by atoms with Crippen molar-refractivity contribution in [3.8, 4) is 0 Å². The third-order valence-corrected chi connectivity index (χ3v) is 13.3. The maximum atomic E-state index is 13.8. The molecular formula is C40H60O12. The SMILES string of the molecule is C=C1C[C@@H]2CCC(=O)C[C@H]3O[C@H]4[C@@H](O)[C@H]5O[C@H](CC[C@@H]5O[C@H]4[C@H]3O)CC(=O)CC3[C@@H](C)C(C[C@H](O)CO)O[C@H]3CC3O[C@@H](CCC1O2)C[C@@H](C)C3=C. The summed E-state index contributed by atoms with van der Waals surface area (Å²) in [5.74, 6) is 0.0495. The molecule has 0 aromatic carbocycles. The van der Waals surface area contributed by atoms with Gasteiger partial charge < -0.3 is 48.8 Å². The second-order valence-corrected chi connectivity index (χ2v) is 17.0. The Morgan fingerprint density at radius 2 is 1.40 bits per heavy atom. The number of ketones is 2. The lowest BCUT2D eigenvalue weighted by atomic mass is 9.79. The molecule has 7 rings (SSSR count). The largest absolute Gasteiger partial charge is 0.394 e. The molecule has 12 nitrogen and oxygen atoms in total. The van der Waals surface area contributed by atoms with E-state index in [9.17, 15) is 30.0 Å². The summed E-state index contributed by atoms with van der Waals surface area (Å²) in [5.41, 5.74) is 2.04. The molecule has 18 atom stereocenters. The van der Waals surface area contributed by atoms with Gasteiger partial charge in [-0.3, -0.25) is 9.59 Å². The molecule has 7 aliphatic heterocycles. The molecule has 0 spiro atoms. The zero-order valence-electron chi connectivity index (χ0n) is 30.8. The van der Waals surface area contributed by atoms with E-state index in [4.69, 9.17) is 28.4 Å². The fraction of sp³-hybridized carbons (Fsp3) is 0.850. The predicted octanol–water partition coefficient (Wildman–Crippen LogP) is 2.89. The van der Waals surface area contributed by atoms with Crippen LogP contribution >= 0.6 is 0 Å². The van der Waals surface area contributed by atoms with Crippen LogP contribution in [0.25, 0.3) is 0 Å². The van der Waals surface area contributed by atoms with Crippen molar-refractivity contribution in [2.75, 3.05) is 6.61 Å². The number of ether oxygens (including phenoxy) is 6. The van der Waals surface area contributed by atoms with Crippen molar-refractivity contribution < 1.29 is 58.4 Å². The Bertz CT molecular complexity index is 1320. The van der Waals surface area contributed by atoms with Gasteiger partial charge in [-0.1, -0.05) is 27.0 Å². The second-order valence-electron chi connectivity index (χ2n) is 17.0. The molecule has 4 N–H and O–H groups in total. The molecule has 0 amide bonds. The van der Waals surface area contributed by atoms with E-state index >= 15 is 0 Å².